The van der Waals surface area contributed by atoms with E-state index in [1.165, 1.54) is 7.11 Å². The van der Waals surface area contributed by atoms with Crippen LogP contribution in [0.5, 0.6) is 0 Å². The molecule has 4 nitrogen and oxygen atoms in total. The molecule has 0 fully saturated rings. The summed E-state index contributed by atoms with van der Waals surface area (Å²) in [4.78, 5) is 23.0. The first-order chi connectivity index (χ1) is 8.43. The van der Waals surface area contributed by atoms with Crippen molar-refractivity contribution < 1.29 is 14.3 Å². The van der Waals surface area contributed by atoms with Crippen LogP contribution in [-0.2, 0) is 20.7 Å². The quantitative estimate of drug-likeness (QED) is 0.823. The van der Waals surface area contributed by atoms with Crippen LogP contribution >= 0.6 is 0 Å². The van der Waals surface area contributed by atoms with E-state index in [0.29, 0.717) is 0 Å². The van der Waals surface area contributed by atoms with Crippen LogP contribution < -0.4 is 5.32 Å². The van der Waals surface area contributed by atoms with Crippen LogP contribution in [-0.4, -0.2) is 25.0 Å². The summed E-state index contributed by atoms with van der Waals surface area (Å²) in [7, 11) is 1.30. The average molecular weight is 249 g/mol. The number of carbonyl (C=O) groups excluding carboxylic acids is 2. The topological polar surface area (TPSA) is 55.4 Å². The van der Waals surface area contributed by atoms with Crippen molar-refractivity contribution in [2.24, 2.45) is 0 Å². The minimum atomic E-state index is -0.618. The molecule has 0 saturated heterocycles. The van der Waals surface area contributed by atoms with E-state index >= 15 is 0 Å². The van der Waals surface area contributed by atoms with Gasteiger partial charge in [-0.1, -0.05) is 23.8 Å². The molecule has 1 aromatic carbocycles. The van der Waals surface area contributed by atoms with Crippen molar-refractivity contribution in [2.75, 3.05) is 7.11 Å². The number of hydrogen-bond donors (Lipinski definition) is 1. The van der Waals surface area contributed by atoms with Crippen LogP contribution in [0.3, 0.4) is 0 Å². The summed E-state index contributed by atoms with van der Waals surface area (Å²) in [6.07, 6.45) is 0.273. The Bertz CT molecular complexity index is 454. The van der Waals surface area contributed by atoms with Crippen LogP contribution in [0, 0.1) is 13.8 Å². The Morgan fingerprint density at radius 2 is 2.00 bits per heavy atom. The van der Waals surface area contributed by atoms with Gasteiger partial charge in [0.15, 0.2) is 0 Å². The molecule has 1 unspecified atom stereocenters. The van der Waals surface area contributed by atoms with Crippen LogP contribution in [0.25, 0.3) is 0 Å². The van der Waals surface area contributed by atoms with Crippen molar-refractivity contribution in [1.82, 2.24) is 5.32 Å². The second-order valence-corrected chi connectivity index (χ2v) is 4.42. The lowest BCUT2D eigenvalue weighted by Gasteiger charge is -2.12. The lowest BCUT2D eigenvalue weighted by Crippen LogP contribution is -2.40. The van der Waals surface area contributed by atoms with E-state index in [1.807, 2.05) is 32.0 Å². The zero-order valence-corrected chi connectivity index (χ0v) is 11.2. The lowest BCUT2D eigenvalue weighted by molar-refractivity contribution is -0.144. The third kappa shape index (κ3) is 3.87. The number of aryl methyl sites for hydroxylation is 2. The maximum atomic E-state index is 11.8. The number of carbonyl (C=O) groups is 2. The molecule has 0 spiro atoms. The van der Waals surface area contributed by atoms with E-state index in [4.69, 9.17) is 0 Å². The number of nitrogens with one attached hydrogen (secondary N) is 1. The third-order valence-corrected chi connectivity index (χ3v) is 2.79. The maximum Gasteiger partial charge on any atom is 0.328 e. The van der Waals surface area contributed by atoms with Crippen LogP contribution in [0.15, 0.2) is 18.2 Å². The summed E-state index contributed by atoms with van der Waals surface area (Å²) in [5, 5.41) is 2.61. The lowest BCUT2D eigenvalue weighted by atomic mass is 10.0. The van der Waals surface area contributed by atoms with Crippen molar-refractivity contribution in [2.45, 2.75) is 33.2 Å². The van der Waals surface area contributed by atoms with Gasteiger partial charge in [-0.05, 0) is 31.9 Å². The fraction of sp³-hybridized carbons (Fsp3) is 0.429. The number of ether oxygens (including phenoxy) is 1. The Morgan fingerprint density at radius 1 is 1.33 bits per heavy atom. The van der Waals surface area contributed by atoms with Gasteiger partial charge in [0.05, 0.1) is 13.5 Å². The zero-order valence-electron chi connectivity index (χ0n) is 11.2. The molecule has 0 bridgehead atoms. The number of amides is 1. The number of hydrogen-bond acceptors (Lipinski definition) is 3. The molecule has 0 aromatic heterocycles. The van der Waals surface area contributed by atoms with Gasteiger partial charge < -0.3 is 10.1 Å². The zero-order chi connectivity index (χ0) is 13.7. The summed E-state index contributed by atoms with van der Waals surface area (Å²) in [5.41, 5.74) is 3.16. The van der Waals surface area contributed by atoms with Gasteiger partial charge in [0.25, 0.3) is 0 Å². The van der Waals surface area contributed by atoms with E-state index in [9.17, 15) is 9.59 Å². The smallest absolute Gasteiger partial charge is 0.328 e. The standard InChI is InChI=1S/C14H19NO3/c1-9-5-6-10(2)12(7-9)8-13(16)15-11(3)14(17)18-4/h5-7,11H,8H2,1-4H3,(H,15,16). The van der Waals surface area contributed by atoms with Crippen LogP contribution in [0.1, 0.15) is 23.6 Å². The van der Waals surface area contributed by atoms with Crippen LogP contribution in [0.4, 0.5) is 0 Å². The monoisotopic (exact) mass is 249 g/mol. The molecule has 0 aliphatic heterocycles. The highest BCUT2D eigenvalue weighted by atomic mass is 16.5. The minimum Gasteiger partial charge on any atom is -0.467 e. The van der Waals surface area contributed by atoms with Crippen molar-refractivity contribution >= 4 is 11.9 Å². The molecule has 0 heterocycles. The second kappa shape index (κ2) is 6.19. The molecule has 1 amide bonds. The Labute approximate surface area is 107 Å². The fourth-order valence-corrected chi connectivity index (χ4v) is 1.69. The summed E-state index contributed by atoms with van der Waals surface area (Å²) >= 11 is 0. The molecule has 0 radical (unpaired) electrons. The van der Waals surface area contributed by atoms with Gasteiger partial charge in [0.1, 0.15) is 6.04 Å². The minimum absolute atomic E-state index is 0.179. The fourth-order valence-electron chi connectivity index (χ4n) is 1.69. The first kappa shape index (κ1) is 14.2. The van der Waals surface area contributed by atoms with Crippen molar-refractivity contribution in [1.29, 1.82) is 0 Å². The van der Waals surface area contributed by atoms with E-state index in [-0.39, 0.29) is 12.3 Å². The molecule has 1 N–H and O–H groups in total. The van der Waals surface area contributed by atoms with Gasteiger partial charge in [-0.25, -0.2) is 4.79 Å². The first-order valence-electron chi connectivity index (χ1n) is 5.87. The summed E-state index contributed by atoms with van der Waals surface area (Å²) in [6.45, 7) is 5.55. The van der Waals surface area contributed by atoms with E-state index in [1.54, 1.807) is 6.92 Å². The van der Waals surface area contributed by atoms with Crippen molar-refractivity contribution in [3.8, 4) is 0 Å². The Balaban J connectivity index is 2.65. The predicted molar refractivity (Wildman–Crippen MR) is 69.2 cm³/mol. The second-order valence-electron chi connectivity index (χ2n) is 4.42. The normalized spacial score (nSPS) is 11.8. The van der Waals surface area contributed by atoms with Gasteiger partial charge in [0, 0.05) is 0 Å². The molecule has 1 aromatic rings. The number of benzene rings is 1. The largest absolute Gasteiger partial charge is 0.467 e. The summed E-state index contributed by atoms with van der Waals surface area (Å²) in [5.74, 6) is -0.620. The van der Waals surface area contributed by atoms with E-state index in [2.05, 4.69) is 10.1 Å². The predicted octanol–water partition coefficient (Wildman–Crippen LogP) is 1.52. The van der Waals surface area contributed by atoms with Gasteiger partial charge in [-0.2, -0.15) is 0 Å². The van der Waals surface area contributed by atoms with Crippen LogP contribution in [0.2, 0.25) is 0 Å². The summed E-state index contributed by atoms with van der Waals surface area (Å²) in [6, 6.07) is 5.36. The number of methoxy groups -OCH3 is 1. The van der Waals surface area contributed by atoms with Gasteiger partial charge in [0.2, 0.25) is 5.91 Å². The summed E-state index contributed by atoms with van der Waals surface area (Å²) < 4.78 is 4.55. The molecular formula is C14H19NO3. The van der Waals surface area contributed by atoms with Gasteiger partial charge in [-0.15, -0.1) is 0 Å². The Morgan fingerprint density at radius 3 is 2.61 bits per heavy atom. The molecule has 1 atom stereocenters. The molecule has 0 aliphatic rings. The number of esters is 1. The molecular weight excluding hydrogens is 230 g/mol. The van der Waals surface area contributed by atoms with E-state index < -0.39 is 12.0 Å². The highest BCUT2D eigenvalue weighted by Gasteiger charge is 2.16. The first-order valence-corrected chi connectivity index (χ1v) is 5.87. The SMILES string of the molecule is COC(=O)C(C)NC(=O)Cc1cc(C)ccc1C. The van der Waals surface area contributed by atoms with Gasteiger partial charge >= 0.3 is 5.97 Å². The van der Waals surface area contributed by atoms with E-state index in [0.717, 1.165) is 16.7 Å². The average Bonchev–Trinajstić information content (AvgIpc) is 2.32. The highest BCUT2D eigenvalue weighted by molar-refractivity contribution is 5.85. The third-order valence-electron chi connectivity index (χ3n) is 2.79. The Hall–Kier alpha value is -1.84. The molecule has 4 heteroatoms. The highest BCUT2D eigenvalue weighted by Crippen LogP contribution is 2.11. The molecule has 18 heavy (non-hydrogen) atoms. The molecule has 1 rings (SSSR count). The van der Waals surface area contributed by atoms with Gasteiger partial charge in [-0.3, -0.25) is 4.79 Å². The molecule has 0 saturated carbocycles. The van der Waals surface area contributed by atoms with Crippen molar-refractivity contribution in [3.05, 3.63) is 34.9 Å². The maximum absolute atomic E-state index is 11.8. The molecule has 98 valence electrons. The number of rotatable bonds is 4. The van der Waals surface area contributed by atoms with Crippen molar-refractivity contribution in [3.63, 3.8) is 0 Å². The molecule has 0 aliphatic carbocycles. The Kier molecular flexibility index (Phi) is 4.89.